The van der Waals surface area contributed by atoms with Crippen molar-refractivity contribution in [3.63, 3.8) is 0 Å². The maximum absolute atomic E-state index is 12.3. The highest BCUT2D eigenvalue weighted by atomic mass is 35.5. The predicted molar refractivity (Wildman–Crippen MR) is 122 cm³/mol. The number of halogens is 2. The van der Waals surface area contributed by atoms with Crippen molar-refractivity contribution in [2.45, 2.75) is 12.6 Å². The first-order chi connectivity index (χ1) is 15.1. The third-order valence-electron chi connectivity index (χ3n) is 3.80. The molecule has 2 unspecified atom stereocenters. The summed E-state index contributed by atoms with van der Waals surface area (Å²) in [5, 5.41) is 19.6. The van der Waals surface area contributed by atoms with Gasteiger partial charge in [0.2, 0.25) is 44.2 Å². The highest BCUT2D eigenvalue weighted by Gasteiger charge is 2.27. The van der Waals surface area contributed by atoms with Crippen molar-refractivity contribution >= 4 is 66.2 Å². The van der Waals surface area contributed by atoms with Gasteiger partial charge in [0.15, 0.2) is 0 Å². The molecule has 33 heavy (non-hydrogen) atoms. The summed E-state index contributed by atoms with van der Waals surface area (Å²) < 4.78 is 54.1. The van der Waals surface area contributed by atoms with Gasteiger partial charge in [0.05, 0.1) is 33.9 Å². The molecule has 0 aromatic heterocycles. The number of aliphatic hydroxyl groups excluding tert-OH is 2. The molecule has 2 aromatic carbocycles. The summed E-state index contributed by atoms with van der Waals surface area (Å²) in [5.41, 5.74) is -0.394. The summed E-state index contributed by atoms with van der Waals surface area (Å²) in [6.45, 7) is 0. The fourth-order valence-corrected chi connectivity index (χ4v) is 4.16. The van der Waals surface area contributed by atoms with Crippen LogP contribution in [0.3, 0.4) is 0 Å². The average Bonchev–Trinajstić information content (AvgIpc) is 2.67. The van der Waals surface area contributed by atoms with Gasteiger partial charge in [-0.15, -0.1) is 0 Å². The SMILES string of the molecule is CS(=O)(=O)Nc1ccc(C(=O)C(O)OC(O)C(=O)c2ccc(NS(C)(=O)=O)c(Cl)c2)cc1Cl. The van der Waals surface area contributed by atoms with E-state index in [9.17, 15) is 36.6 Å². The number of nitrogens with one attached hydrogen (secondary N) is 2. The minimum atomic E-state index is -3.62. The molecule has 0 aliphatic rings. The molecule has 0 aliphatic carbocycles. The molecule has 0 heterocycles. The minimum Gasteiger partial charge on any atom is -0.362 e. The van der Waals surface area contributed by atoms with Gasteiger partial charge in [-0.3, -0.25) is 19.0 Å². The van der Waals surface area contributed by atoms with Crippen LogP contribution in [0, 0.1) is 0 Å². The van der Waals surface area contributed by atoms with Gasteiger partial charge in [0.25, 0.3) is 0 Å². The zero-order valence-electron chi connectivity index (χ0n) is 16.9. The molecule has 4 N–H and O–H groups in total. The molecule has 2 atom stereocenters. The maximum atomic E-state index is 12.3. The normalized spacial score (nSPS) is 13.8. The molecule has 0 bridgehead atoms. The molecular weight excluding hydrogens is 523 g/mol. The number of anilines is 2. The minimum absolute atomic E-state index is 0.00738. The highest BCUT2D eigenvalue weighted by molar-refractivity contribution is 7.92. The van der Waals surface area contributed by atoms with Gasteiger partial charge in [-0.1, -0.05) is 23.2 Å². The van der Waals surface area contributed by atoms with Crippen molar-refractivity contribution < 1.29 is 41.4 Å². The number of carbonyl (C=O) groups is 2. The van der Waals surface area contributed by atoms with Gasteiger partial charge in [0, 0.05) is 11.1 Å². The monoisotopic (exact) mass is 540 g/mol. The summed E-state index contributed by atoms with van der Waals surface area (Å²) >= 11 is 11.9. The molecule has 0 saturated heterocycles. The summed E-state index contributed by atoms with van der Waals surface area (Å²) in [6, 6.07) is 6.78. The van der Waals surface area contributed by atoms with E-state index in [0.29, 0.717) is 0 Å². The van der Waals surface area contributed by atoms with Crippen LogP contribution in [0.4, 0.5) is 11.4 Å². The number of Topliss-reactive ketones (excluding diaryl/α,β-unsaturated/α-hetero) is 2. The number of hydrogen-bond donors (Lipinski definition) is 4. The lowest BCUT2D eigenvalue weighted by atomic mass is 10.1. The maximum Gasteiger partial charge on any atom is 0.229 e. The molecule has 0 fully saturated rings. The zero-order valence-corrected chi connectivity index (χ0v) is 20.1. The Hall–Kier alpha value is -2.26. The van der Waals surface area contributed by atoms with Crippen molar-refractivity contribution in [1.82, 2.24) is 0 Å². The van der Waals surface area contributed by atoms with E-state index in [1.165, 1.54) is 12.1 Å². The van der Waals surface area contributed by atoms with Crippen LogP contribution in [0.15, 0.2) is 36.4 Å². The molecule has 15 heteroatoms. The van der Waals surface area contributed by atoms with Crippen molar-refractivity contribution in [3.8, 4) is 0 Å². The highest BCUT2D eigenvalue weighted by Crippen LogP contribution is 2.26. The van der Waals surface area contributed by atoms with Crippen molar-refractivity contribution in [2.24, 2.45) is 0 Å². The Labute approximate surface area is 199 Å². The van der Waals surface area contributed by atoms with Crippen LogP contribution in [-0.4, -0.2) is 63.7 Å². The van der Waals surface area contributed by atoms with Crippen LogP contribution in [0.5, 0.6) is 0 Å². The van der Waals surface area contributed by atoms with Crippen molar-refractivity contribution in [2.75, 3.05) is 22.0 Å². The zero-order chi connectivity index (χ0) is 25.1. The van der Waals surface area contributed by atoms with Crippen LogP contribution in [0.2, 0.25) is 10.0 Å². The molecule has 2 aromatic rings. The molecule has 0 saturated carbocycles. The number of hydrogen-bond acceptors (Lipinski definition) is 9. The van der Waals surface area contributed by atoms with Gasteiger partial charge in [-0.2, -0.15) is 0 Å². The van der Waals surface area contributed by atoms with Crippen LogP contribution in [0.1, 0.15) is 20.7 Å². The standard InChI is InChI=1S/C18H18Cl2N2O9S2/c1-32(27,28)21-13-5-3-9(7-11(13)19)15(23)17(25)31-18(26)16(24)10-4-6-14(12(20)8-10)22-33(2,29)30/h3-8,17-18,21-22,25-26H,1-2H3. The Morgan fingerprint density at radius 2 is 1.12 bits per heavy atom. The molecule has 2 rings (SSSR count). The smallest absolute Gasteiger partial charge is 0.229 e. The number of sulfonamides is 2. The van der Waals surface area contributed by atoms with E-state index in [1.54, 1.807) is 0 Å². The molecule has 0 aliphatic heterocycles. The van der Waals surface area contributed by atoms with Gasteiger partial charge >= 0.3 is 0 Å². The van der Waals surface area contributed by atoms with Gasteiger partial charge < -0.3 is 14.9 Å². The Morgan fingerprint density at radius 1 is 0.788 bits per heavy atom. The first-order valence-electron chi connectivity index (χ1n) is 8.72. The van der Waals surface area contributed by atoms with E-state index in [0.717, 1.165) is 36.8 Å². The first kappa shape index (κ1) is 27.0. The lowest BCUT2D eigenvalue weighted by Gasteiger charge is -2.16. The number of carbonyl (C=O) groups excluding carboxylic acids is 2. The Bertz CT molecular complexity index is 1200. The number of aliphatic hydroxyl groups is 2. The number of rotatable bonds is 10. The molecule has 180 valence electrons. The fraction of sp³-hybridized carbons (Fsp3) is 0.222. The van der Waals surface area contributed by atoms with Crippen LogP contribution < -0.4 is 9.44 Å². The molecular formula is C18H18Cl2N2O9S2. The summed E-state index contributed by atoms with van der Waals surface area (Å²) in [7, 11) is -7.25. The lowest BCUT2D eigenvalue weighted by Crippen LogP contribution is -2.34. The fourth-order valence-electron chi connectivity index (χ4n) is 2.43. The van der Waals surface area contributed by atoms with Crippen LogP contribution in [0.25, 0.3) is 0 Å². The third kappa shape index (κ3) is 7.92. The Balaban J connectivity index is 2.11. The van der Waals surface area contributed by atoms with Crippen LogP contribution >= 0.6 is 23.2 Å². The number of benzene rings is 2. The molecule has 0 spiro atoms. The second-order valence-electron chi connectivity index (χ2n) is 6.71. The van der Waals surface area contributed by atoms with E-state index in [1.807, 2.05) is 0 Å². The number of ketones is 2. The van der Waals surface area contributed by atoms with E-state index >= 15 is 0 Å². The molecule has 11 nitrogen and oxygen atoms in total. The second kappa shape index (κ2) is 10.3. The van der Waals surface area contributed by atoms with Crippen molar-refractivity contribution in [1.29, 1.82) is 0 Å². The van der Waals surface area contributed by atoms with E-state index in [4.69, 9.17) is 23.2 Å². The number of ether oxygens (including phenoxy) is 1. The molecule has 0 radical (unpaired) electrons. The van der Waals surface area contributed by atoms with Gasteiger partial charge in [-0.05, 0) is 36.4 Å². The average molecular weight is 541 g/mol. The Kier molecular flexibility index (Phi) is 8.46. The predicted octanol–water partition coefficient (Wildman–Crippen LogP) is 1.46. The van der Waals surface area contributed by atoms with Gasteiger partial charge in [-0.25, -0.2) is 16.8 Å². The van der Waals surface area contributed by atoms with E-state index < -0.39 is 44.2 Å². The topological polar surface area (TPSA) is 176 Å². The van der Waals surface area contributed by atoms with E-state index in [-0.39, 0.29) is 32.5 Å². The summed E-state index contributed by atoms with van der Waals surface area (Å²) in [6.07, 6.45) is -2.73. The summed E-state index contributed by atoms with van der Waals surface area (Å²) in [5.74, 6) is -2.14. The largest absolute Gasteiger partial charge is 0.362 e. The lowest BCUT2D eigenvalue weighted by molar-refractivity contribution is -0.163. The quantitative estimate of drug-likeness (QED) is 0.256. The second-order valence-corrected chi connectivity index (χ2v) is 11.0. The van der Waals surface area contributed by atoms with Crippen LogP contribution in [-0.2, 0) is 24.8 Å². The van der Waals surface area contributed by atoms with Crippen molar-refractivity contribution in [3.05, 3.63) is 57.6 Å². The summed E-state index contributed by atoms with van der Waals surface area (Å²) in [4.78, 5) is 24.7. The van der Waals surface area contributed by atoms with Gasteiger partial charge in [0.1, 0.15) is 0 Å². The Morgan fingerprint density at radius 3 is 1.39 bits per heavy atom. The molecule has 0 amide bonds. The van der Waals surface area contributed by atoms with E-state index in [2.05, 4.69) is 14.2 Å². The third-order valence-corrected chi connectivity index (χ3v) is 5.61. The first-order valence-corrected chi connectivity index (χ1v) is 13.3.